The van der Waals surface area contributed by atoms with Gasteiger partial charge in [-0.1, -0.05) is 23.7 Å². The van der Waals surface area contributed by atoms with Crippen molar-refractivity contribution in [3.63, 3.8) is 0 Å². The lowest BCUT2D eigenvalue weighted by Gasteiger charge is -2.08. The van der Waals surface area contributed by atoms with E-state index in [9.17, 15) is 4.39 Å². The van der Waals surface area contributed by atoms with E-state index in [1.165, 1.54) is 12.1 Å². The molecule has 94 valence electrons. The minimum Gasteiger partial charge on any atom is -0.388 e. The van der Waals surface area contributed by atoms with Crippen LogP contribution in [0.3, 0.4) is 0 Å². The van der Waals surface area contributed by atoms with E-state index in [2.05, 4.69) is 9.97 Å². The zero-order chi connectivity index (χ0) is 13.1. The van der Waals surface area contributed by atoms with E-state index in [1.54, 1.807) is 13.0 Å². The molecule has 0 amide bonds. The number of nitrogens with zero attached hydrogens (tertiary/aromatic N) is 2. The van der Waals surface area contributed by atoms with E-state index in [4.69, 9.17) is 16.7 Å². The number of aryl methyl sites for hydroxylation is 1. The van der Waals surface area contributed by atoms with Gasteiger partial charge in [-0.05, 0) is 24.6 Å². The average molecular weight is 267 g/mol. The number of aromatic nitrogens is 2. The molecule has 0 bridgehead atoms. The summed E-state index contributed by atoms with van der Waals surface area (Å²) >= 11 is 6.05. The van der Waals surface area contributed by atoms with Crippen LogP contribution < -0.4 is 0 Å². The predicted octanol–water partition coefficient (Wildman–Crippen LogP) is 2.66. The molecule has 1 aromatic heterocycles. The number of halogens is 2. The molecule has 0 unspecified atom stereocenters. The molecule has 18 heavy (non-hydrogen) atoms. The first kappa shape index (κ1) is 12.9. The molecule has 1 aromatic carbocycles. The van der Waals surface area contributed by atoms with Crippen LogP contribution in [0.2, 0.25) is 5.15 Å². The van der Waals surface area contributed by atoms with Crippen LogP contribution in [-0.2, 0) is 13.0 Å². The summed E-state index contributed by atoms with van der Waals surface area (Å²) in [5.74, 6) is 0.00895. The molecule has 0 fully saturated rings. The van der Waals surface area contributed by atoms with Gasteiger partial charge in [0.25, 0.3) is 0 Å². The monoisotopic (exact) mass is 266 g/mol. The smallest absolute Gasteiger partial charge is 0.155 e. The van der Waals surface area contributed by atoms with E-state index in [0.717, 1.165) is 11.1 Å². The highest BCUT2D eigenvalue weighted by atomic mass is 35.5. The van der Waals surface area contributed by atoms with Crippen molar-refractivity contribution in [2.75, 3.05) is 0 Å². The van der Waals surface area contributed by atoms with Gasteiger partial charge < -0.3 is 5.11 Å². The van der Waals surface area contributed by atoms with Crippen LogP contribution in [0, 0.1) is 12.7 Å². The molecule has 1 heterocycles. The lowest BCUT2D eigenvalue weighted by molar-refractivity contribution is 0.271. The van der Waals surface area contributed by atoms with Gasteiger partial charge in [0, 0.05) is 17.7 Å². The van der Waals surface area contributed by atoms with Crippen LogP contribution in [0.5, 0.6) is 0 Å². The zero-order valence-corrected chi connectivity index (χ0v) is 10.6. The fraction of sp³-hybridized carbons (Fsp3) is 0.231. The van der Waals surface area contributed by atoms with Gasteiger partial charge in [-0.2, -0.15) is 0 Å². The van der Waals surface area contributed by atoms with Gasteiger partial charge in [0.15, 0.2) is 5.82 Å². The Labute approximate surface area is 109 Å². The van der Waals surface area contributed by atoms with Crippen LogP contribution in [0.4, 0.5) is 4.39 Å². The standard InChI is InChI=1S/C13H12ClFN2O/c1-8-11(13(14)17-12(7-18)16-8)6-9-3-2-4-10(15)5-9/h2-5,18H,6-7H2,1H3. The second kappa shape index (κ2) is 5.42. The fourth-order valence-corrected chi connectivity index (χ4v) is 2.04. The lowest BCUT2D eigenvalue weighted by Crippen LogP contribution is -2.04. The molecule has 0 saturated carbocycles. The van der Waals surface area contributed by atoms with Gasteiger partial charge in [-0.15, -0.1) is 0 Å². The third-order valence-corrected chi connectivity index (χ3v) is 2.93. The third kappa shape index (κ3) is 2.83. The maximum atomic E-state index is 13.1. The Bertz CT molecular complexity index is 552. The maximum Gasteiger partial charge on any atom is 0.155 e. The first-order chi connectivity index (χ1) is 8.60. The SMILES string of the molecule is Cc1nc(CO)nc(Cl)c1Cc1cccc(F)c1. The van der Waals surface area contributed by atoms with E-state index in [1.807, 2.05) is 6.07 Å². The maximum absolute atomic E-state index is 13.1. The second-order valence-electron chi connectivity index (χ2n) is 3.96. The van der Waals surface area contributed by atoms with Gasteiger partial charge in [-0.3, -0.25) is 0 Å². The van der Waals surface area contributed by atoms with Gasteiger partial charge >= 0.3 is 0 Å². The summed E-state index contributed by atoms with van der Waals surface area (Å²) in [5.41, 5.74) is 2.25. The van der Waals surface area contributed by atoms with Crippen molar-refractivity contribution in [2.45, 2.75) is 20.0 Å². The Balaban J connectivity index is 2.35. The quantitative estimate of drug-likeness (QED) is 0.869. The van der Waals surface area contributed by atoms with Crippen LogP contribution in [-0.4, -0.2) is 15.1 Å². The summed E-state index contributed by atoms with van der Waals surface area (Å²) in [6.07, 6.45) is 0.466. The van der Waals surface area contributed by atoms with E-state index in [-0.39, 0.29) is 12.4 Å². The summed E-state index contributed by atoms with van der Waals surface area (Å²) in [7, 11) is 0. The molecular formula is C13H12ClFN2O. The minimum absolute atomic E-state index is 0.249. The number of hydrogen-bond donors (Lipinski definition) is 1. The van der Waals surface area contributed by atoms with Gasteiger partial charge in [0.1, 0.15) is 17.6 Å². The Morgan fingerprint density at radius 3 is 2.72 bits per heavy atom. The van der Waals surface area contributed by atoms with Crippen molar-refractivity contribution in [1.29, 1.82) is 0 Å². The molecule has 0 aliphatic heterocycles. The Hall–Kier alpha value is -1.52. The van der Waals surface area contributed by atoms with Crippen molar-refractivity contribution < 1.29 is 9.50 Å². The molecule has 5 heteroatoms. The van der Waals surface area contributed by atoms with Crippen LogP contribution in [0.15, 0.2) is 24.3 Å². The van der Waals surface area contributed by atoms with E-state index >= 15 is 0 Å². The lowest BCUT2D eigenvalue weighted by atomic mass is 10.1. The molecule has 0 spiro atoms. The first-order valence-corrected chi connectivity index (χ1v) is 5.85. The number of aliphatic hydroxyl groups is 1. The summed E-state index contributed by atoms with van der Waals surface area (Å²) < 4.78 is 13.1. The van der Waals surface area contributed by atoms with Crippen molar-refractivity contribution in [2.24, 2.45) is 0 Å². The molecule has 0 atom stereocenters. The van der Waals surface area contributed by atoms with Crippen molar-refractivity contribution >= 4 is 11.6 Å². The summed E-state index contributed by atoms with van der Waals surface area (Å²) in [5, 5.41) is 9.27. The topological polar surface area (TPSA) is 46.0 Å². The normalized spacial score (nSPS) is 10.7. The van der Waals surface area contributed by atoms with Crippen molar-refractivity contribution in [3.8, 4) is 0 Å². The minimum atomic E-state index is -0.283. The van der Waals surface area contributed by atoms with Gasteiger partial charge in [0.2, 0.25) is 0 Å². The van der Waals surface area contributed by atoms with Crippen molar-refractivity contribution in [1.82, 2.24) is 9.97 Å². The number of aliphatic hydroxyl groups excluding tert-OH is 1. The zero-order valence-electron chi connectivity index (χ0n) is 9.82. The molecule has 1 N–H and O–H groups in total. The largest absolute Gasteiger partial charge is 0.388 e. The highest BCUT2D eigenvalue weighted by Gasteiger charge is 2.10. The summed E-state index contributed by atoms with van der Waals surface area (Å²) in [6.45, 7) is 1.54. The number of benzene rings is 1. The van der Waals surface area contributed by atoms with Crippen LogP contribution in [0.25, 0.3) is 0 Å². The van der Waals surface area contributed by atoms with Gasteiger partial charge in [-0.25, -0.2) is 14.4 Å². The molecule has 2 aromatic rings. The highest BCUT2D eigenvalue weighted by molar-refractivity contribution is 6.30. The average Bonchev–Trinajstić information content (AvgIpc) is 2.33. The first-order valence-electron chi connectivity index (χ1n) is 5.47. The van der Waals surface area contributed by atoms with E-state index in [0.29, 0.717) is 23.1 Å². The Morgan fingerprint density at radius 1 is 1.33 bits per heavy atom. The Morgan fingerprint density at radius 2 is 2.11 bits per heavy atom. The number of hydrogen-bond acceptors (Lipinski definition) is 3. The Kier molecular flexibility index (Phi) is 3.89. The molecule has 0 aliphatic carbocycles. The van der Waals surface area contributed by atoms with Crippen LogP contribution in [0.1, 0.15) is 22.6 Å². The van der Waals surface area contributed by atoms with E-state index < -0.39 is 0 Å². The third-order valence-electron chi connectivity index (χ3n) is 2.62. The molecule has 0 saturated heterocycles. The second-order valence-corrected chi connectivity index (χ2v) is 4.32. The molecular weight excluding hydrogens is 255 g/mol. The molecule has 0 aliphatic rings. The molecule has 3 nitrogen and oxygen atoms in total. The van der Waals surface area contributed by atoms with Gasteiger partial charge in [0.05, 0.1) is 0 Å². The summed E-state index contributed by atoms with van der Waals surface area (Å²) in [6, 6.07) is 6.31. The summed E-state index contributed by atoms with van der Waals surface area (Å²) in [4.78, 5) is 8.11. The fourth-order valence-electron chi connectivity index (χ4n) is 1.74. The molecule has 0 radical (unpaired) electrons. The molecule has 2 rings (SSSR count). The van der Waals surface area contributed by atoms with Crippen LogP contribution >= 0.6 is 11.6 Å². The highest BCUT2D eigenvalue weighted by Crippen LogP contribution is 2.20. The van der Waals surface area contributed by atoms with Crippen molar-refractivity contribution in [3.05, 3.63) is 57.9 Å². The number of rotatable bonds is 3. The predicted molar refractivity (Wildman–Crippen MR) is 66.9 cm³/mol.